The van der Waals surface area contributed by atoms with Crippen LogP contribution in [0.4, 0.5) is 0 Å². The number of hydrogen-bond donors (Lipinski definition) is 1. The van der Waals surface area contributed by atoms with Gasteiger partial charge in [-0.15, -0.1) is 11.3 Å². The van der Waals surface area contributed by atoms with Crippen molar-refractivity contribution in [2.45, 2.75) is 32.9 Å². The highest BCUT2D eigenvalue weighted by Gasteiger charge is 2.21. The minimum atomic E-state index is 0.222. The van der Waals surface area contributed by atoms with Crippen LogP contribution in [0.5, 0.6) is 0 Å². The Kier molecular flexibility index (Phi) is 5.28. The molecule has 17 heavy (non-hydrogen) atoms. The summed E-state index contributed by atoms with van der Waals surface area (Å²) in [5, 5.41) is 4.55. The van der Waals surface area contributed by atoms with Crippen LogP contribution in [0, 0.1) is 0 Å². The molecule has 0 amide bonds. The molecule has 0 aliphatic carbocycles. The normalized spacial score (nSPS) is 20.7. The van der Waals surface area contributed by atoms with Gasteiger partial charge in [0, 0.05) is 22.9 Å². The highest BCUT2D eigenvalue weighted by molar-refractivity contribution is 7.99. The monoisotopic (exact) mass is 272 g/mol. The van der Waals surface area contributed by atoms with Crippen molar-refractivity contribution >= 4 is 23.1 Å². The van der Waals surface area contributed by atoms with Crippen molar-refractivity contribution in [3.63, 3.8) is 0 Å². The Labute approximate surface area is 111 Å². The van der Waals surface area contributed by atoms with Gasteiger partial charge in [-0.1, -0.05) is 13.8 Å². The van der Waals surface area contributed by atoms with E-state index in [1.165, 1.54) is 15.6 Å². The molecular formula is C12H20N2OS2. The Morgan fingerprint density at radius 1 is 1.47 bits per heavy atom. The number of aromatic nitrogens is 1. The first kappa shape index (κ1) is 13.3. The minimum Gasteiger partial charge on any atom is -0.369 e. The van der Waals surface area contributed by atoms with Gasteiger partial charge in [0.05, 0.1) is 12.3 Å². The summed E-state index contributed by atoms with van der Waals surface area (Å²) in [6, 6.07) is 0. The number of rotatable bonds is 5. The number of nitrogens with zero attached hydrogens (tertiary/aromatic N) is 1. The van der Waals surface area contributed by atoms with Gasteiger partial charge >= 0.3 is 0 Å². The first-order valence-corrected chi connectivity index (χ1v) is 8.20. The van der Waals surface area contributed by atoms with Crippen LogP contribution in [-0.4, -0.2) is 29.6 Å². The molecule has 1 N–H and O–H groups in total. The van der Waals surface area contributed by atoms with Gasteiger partial charge in [-0.3, -0.25) is 0 Å². The van der Waals surface area contributed by atoms with Gasteiger partial charge in [0.25, 0.3) is 0 Å². The van der Waals surface area contributed by atoms with Gasteiger partial charge in [0.15, 0.2) is 0 Å². The molecule has 0 saturated carbocycles. The molecule has 5 heteroatoms. The predicted octanol–water partition coefficient (Wildman–Crippen LogP) is 2.62. The second-order valence-electron chi connectivity index (χ2n) is 3.99. The average Bonchev–Trinajstić information content (AvgIpc) is 2.80. The van der Waals surface area contributed by atoms with Crippen molar-refractivity contribution in [2.24, 2.45) is 0 Å². The summed E-state index contributed by atoms with van der Waals surface area (Å²) in [5.41, 5.74) is 1.24. The number of thioether (sulfide) groups is 1. The predicted molar refractivity (Wildman–Crippen MR) is 74.9 cm³/mol. The van der Waals surface area contributed by atoms with E-state index in [4.69, 9.17) is 9.72 Å². The summed E-state index contributed by atoms with van der Waals surface area (Å²) in [7, 11) is 0. The lowest BCUT2D eigenvalue weighted by Crippen LogP contribution is -2.15. The maximum atomic E-state index is 5.79. The molecule has 1 aromatic heterocycles. The molecule has 1 unspecified atom stereocenters. The topological polar surface area (TPSA) is 34.1 Å². The van der Waals surface area contributed by atoms with Crippen LogP contribution in [0.2, 0.25) is 0 Å². The molecule has 1 aliphatic heterocycles. The molecule has 1 aromatic rings. The third kappa shape index (κ3) is 3.44. The van der Waals surface area contributed by atoms with Gasteiger partial charge in [0.1, 0.15) is 11.1 Å². The summed E-state index contributed by atoms with van der Waals surface area (Å²) >= 11 is 3.78. The second-order valence-corrected chi connectivity index (χ2v) is 6.26. The van der Waals surface area contributed by atoms with Crippen molar-refractivity contribution in [1.29, 1.82) is 0 Å². The fraction of sp³-hybridized carbons (Fsp3) is 0.750. The summed E-state index contributed by atoms with van der Waals surface area (Å²) in [4.78, 5) is 6.12. The third-order valence-electron chi connectivity index (χ3n) is 2.76. The molecule has 2 heterocycles. The van der Waals surface area contributed by atoms with E-state index in [9.17, 15) is 0 Å². The lowest BCUT2D eigenvalue weighted by atomic mass is 10.3. The smallest absolute Gasteiger partial charge is 0.123 e. The minimum absolute atomic E-state index is 0.222. The Balaban J connectivity index is 2.08. The maximum Gasteiger partial charge on any atom is 0.123 e. The molecule has 0 aromatic carbocycles. The molecule has 1 fully saturated rings. The van der Waals surface area contributed by atoms with E-state index in [1.807, 2.05) is 23.1 Å². The lowest BCUT2D eigenvalue weighted by Gasteiger charge is -2.19. The van der Waals surface area contributed by atoms with Gasteiger partial charge in [-0.25, -0.2) is 4.98 Å². The molecule has 0 spiro atoms. The van der Waals surface area contributed by atoms with Crippen LogP contribution in [0.15, 0.2) is 0 Å². The first-order valence-electron chi connectivity index (χ1n) is 6.23. The van der Waals surface area contributed by atoms with E-state index >= 15 is 0 Å². The fourth-order valence-corrected chi connectivity index (χ4v) is 3.95. The molecule has 1 saturated heterocycles. The quantitative estimate of drug-likeness (QED) is 0.893. The molecule has 0 radical (unpaired) electrons. The number of hydrogen-bond acceptors (Lipinski definition) is 5. The average molecular weight is 272 g/mol. The van der Waals surface area contributed by atoms with Crippen LogP contribution >= 0.6 is 23.1 Å². The van der Waals surface area contributed by atoms with E-state index in [-0.39, 0.29) is 6.10 Å². The number of nitrogens with one attached hydrogen (secondary N) is 1. The zero-order valence-electron chi connectivity index (χ0n) is 10.5. The molecule has 1 atom stereocenters. The van der Waals surface area contributed by atoms with Crippen LogP contribution in [0.1, 0.15) is 35.5 Å². The first-order chi connectivity index (χ1) is 8.35. The highest BCUT2D eigenvalue weighted by Crippen LogP contribution is 2.31. The Hall–Kier alpha value is -0.100. The Bertz CT molecular complexity index is 348. The van der Waals surface area contributed by atoms with Crippen molar-refractivity contribution in [3.05, 3.63) is 15.6 Å². The molecule has 1 aliphatic rings. The van der Waals surface area contributed by atoms with E-state index in [0.717, 1.165) is 37.6 Å². The number of thiazole rings is 1. The number of ether oxygens (including phenoxy) is 1. The maximum absolute atomic E-state index is 5.79. The van der Waals surface area contributed by atoms with Crippen molar-refractivity contribution in [1.82, 2.24) is 10.3 Å². The van der Waals surface area contributed by atoms with E-state index in [0.29, 0.717) is 0 Å². The Morgan fingerprint density at radius 2 is 2.35 bits per heavy atom. The van der Waals surface area contributed by atoms with Gasteiger partial charge in [0.2, 0.25) is 0 Å². The fourth-order valence-electron chi connectivity index (χ4n) is 1.82. The molecule has 96 valence electrons. The number of aryl methyl sites for hydroxylation is 1. The molecule has 2 rings (SSSR count). The van der Waals surface area contributed by atoms with Gasteiger partial charge in [-0.2, -0.15) is 11.8 Å². The van der Waals surface area contributed by atoms with Gasteiger partial charge in [-0.05, 0) is 13.0 Å². The van der Waals surface area contributed by atoms with Crippen LogP contribution < -0.4 is 5.32 Å². The molecular weight excluding hydrogens is 252 g/mol. The lowest BCUT2D eigenvalue weighted by molar-refractivity contribution is 0.0754. The summed E-state index contributed by atoms with van der Waals surface area (Å²) in [5.74, 6) is 2.17. The largest absolute Gasteiger partial charge is 0.369 e. The highest BCUT2D eigenvalue weighted by atomic mass is 32.2. The van der Waals surface area contributed by atoms with Crippen molar-refractivity contribution in [2.75, 3.05) is 24.7 Å². The summed E-state index contributed by atoms with van der Waals surface area (Å²) < 4.78 is 5.79. The zero-order valence-corrected chi connectivity index (χ0v) is 12.1. The summed E-state index contributed by atoms with van der Waals surface area (Å²) in [6.07, 6.45) is 1.23. The van der Waals surface area contributed by atoms with E-state index in [2.05, 4.69) is 19.2 Å². The third-order valence-corrected chi connectivity index (χ3v) is 4.94. The van der Waals surface area contributed by atoms with Crippen LogP contribution in [-0.2, 0) is 17.7 Å². The van der Waals surface area contributed by atoms with E-state index < -0.39 is 0 Å². The zero-order chi connectivity index (χ0) is 12.1. The molecule has 3 nitrogen and oxygen atoms in total. The Morgan fingerprint density at radius 3 is 3.00 bits per heavy atom. The SMILES string of the molecule is CCNCc1sc(C2CSCCO2)nc1CC. The standard InChI is InChI=1S/C12H20N2OS2/c1-3-9-11(7-13-4-2)17-12(14-9)10-8-16-6-5-15-10/h10,13H,3-8H2,1-2H3. The van der Waals surface area contributed by atoms with Crippen molar-refractivity contribution in [3.8, 4) is 0 Å². The summed E-state index contributed by atoms with van der Waals surface area (Å²) in [6.45, 7) is 7.11. The van der Waals surface area contributed by atoms with E-state index in [1.54, 1.807) is 0 Å². The molecule has 0 bridgehead atoms. The van der Waals surface area contributed by atoms with Crippen LogP contribution in [0.3, 0.4) is 0 Å². The van der Waals surface area contributed by atoms with Crippen LogP contribution in [0.25, 0.3) is 0 Å². The van der Waals surface area contributed by atoms with Gasteiger partial charge < -0.3 is 10.1 Å². The van der Waals surface area contributed by atoms with Crippen molar-refractivity contribution < 1.29 is 4.74 Å². The second kappa shape index (κ2) is 6.73.